The Labute approximate surface area is 111 Å². The molecule has 1 atom stereocenters. The molecule has 8 heteroatoms. The number of halogens is 1. The lowest BCUT2D eigenvalue weighted by molar-refractivity contribution is 0.189. The number of hydrogen-bond donors (Lipinski definition) is 3. The Bertz CT molecular complexity index is 514. The molecule has 18 heavy (non-hydrogen) atoms. The van der Waals surface area contributed by atoms with E-state index in [9.17, 15) is 4.79 Å². The maximum Gasteiger partial charge on any atom is 0.405 e. The second-order valence-electron chi connectivity index (χ2n) is 3.60. The van der Waals surface area contributed by atoms with Gasteiger partial charge >= 0.3 is 6.09 Å². The molecular formula is C10H10BrN5O2. The summed E-state index contributed by atoms with van der Waals surface area (Å²) in [4.78, 5) is 10.7. The number of nitrogens with zero attached hydrogens (tertiary/aromatic N) is 3. The number of nitrogens with one attached hydrogen (secondary N) is 2. The molecule has 0 radical (unpaired) electrons. The highest BCUT2D eigenvalue weighted by atomic mass is 79.9. The SMILES string of the molecule is O=C(O)NC(Cc1ccc(Br)cc1)c1nn[nH]n1. The molecule has 1 unspecified atom stereocenters. The molecule has 2 aromatic rings. The molecule has 0 saturated carbocycles. The predicted molar refractivity (Wildman–Crippen MR) is 65.9 cm³/mol. The summed E-state index contributed by atoms with van der Waals surface area (Å²) in [7, 11) is 0. The Morgan fingerprint density at radius 1 is 1.44 bits per heavy atom. The summed E-state index contributed by atoms with van der Waals surface area (Å²) >= 11 is 3.34. The van der Waals surface area contributed by atoms with Gasteiger partial charge in [0.2, 0.25) is 0 Å². The topological polar surface area (TPSA) is 104 Å². The van der Waals surface area contributed by atoms with Crippen molar-refractivity contribution in [3.63, 3.8) is 0 Å². The molecule has 0 aliphatic carbocycles. The van der Waals surface area contributed by atoms with Gasteiger partial charge in [0.15, 0.2) is 5.82 Å². The Hall–Kier alpha value is -1.96. The van der Waals surface area contributed by atoms with E-state index >= 15 is 0 Å². The van der Waals surface area contributed by atoms with Gasteiger partial charge in [-0.2, -0.15) is 5.21 Å². The standard InChI is InChI=1S/C10H10BrN5O2/c11-7-3-1-6(2-4-7)5-8(12-10(17)18)9-13-15-16-14-9/h1-4,8,12H,5H2,(H,17,18)(H,13,14,15,16). The van der Waals surface area contributed by atoms with Gasteiger partial charge in [0.25, 0.3) is 0 Å². The van der Waals surface area contributed by atoms with E-state index in [1.165, 1.54) is 0 Å². The van der Waals surface area contributed by atoms with E-state index in [0.717, 1.165) is 10.0 Å². The summed E-state index contributed by atoms with van der Waals surface area (Å²) in [5.41, 5.74) is 0.974. The molecule has 1 aromatic carbocycles. The molecule has 1 aromatic heterocycles. The van der Waals surface area contributed by atoms with Gasteiger partial charge in [-0.1, -0.05) is 33.3 Å². The monoisotopic (exact) mass is 311 g/mol. The minimum absolute atomic E-state index is 0.320. The molecule has 2 rings (SSSR count). The van der Waals surface area contributed by atoms with Crippen LogP contribution in [0.25, 0.3) is 0 Å². The van der Waals surface area contributed by atoms with Gasteiger partial charge in [0.05, 0.1) is 0 Å². The minimum Gasteiger partial charge on any atom is -0.465 e. The largest absolute Gasteiger partial charge is 0.465 e. The minimum atomic E-state index is -1.12. The van der Waals surface area contributed by atoms with Crippen molar-refractivity contribution in [3.05, 3.63) is 40.1 Å². The zero-order valence-electron chi connectivity index (χ0n) is 9.17. The van der Waals surface area contributed by atoms with E-state index < -0.39 is 12.1 Å². The van der Waals surface area contributed by atoms with E-state index in [2.05, 4.69) is 41.9 Å². The molecular weight excluding hydrogens is 302 g/mol. The van der Waals surface area contributed by atoms with Crippen LogP contribution in [0.1, 0.15) is 17.4 Å². The molecule has 0 aliphatic heterocycles. The van der Waals surface area contributed by atoms with Crippen molar-refractivity contribution < 1.29 is 9.90 Å². The highest BCUT2D eigenvalue weighted by Gasteiger charge is 2.18. The third kappa shape index (κ3) is 3.27. The molecule has 3 N–H and O–H groups in total. The number of H-pyrrole nitrogens is 1. The van der Waals surface area contributed by atoms with Crippen LogP contribution in [-0.4, -0.2) is 31.8 Å². The van der Waals surface area contributed by atoms with Crippen molar-refractivity contribution in [2.24, 2.45) is 0 Å². The lowest BCUT2D eigenvalue weighted by Crippen LogP contribution is -2.29. The lowest BCUT2D eigenvalue weighted by atomic mass is 10.1. The van der Waals surface area contributed by atoms with Gasteiger partial charge in [-0.15, -0.1) is 10.2 Å². The number of aromatic nitrogens is 4. The first-order chi connectivity index (χ1) is 8.65. The Balaban J connectivity index is 2.15. The lowest BCUT2D eigenvalue weighted by Gasteiger charge is -2.13. The van der Waals surface area contributed by atoms with Gasteiger partial charge in [-0.25, -0.2) is 4.79 Å². The van der Waals surface area contributed by atoms with E-state index in [4.69, 9.17) is 5.11 Å². The van der Waals surface area contributed by atoms with Crippen LogP contribution >= 0.6 is 15.9 Å². The third-order valence-electron chi connectivity index (χ3n) is 2.32. The number of carbonyl (C=O) groups is 1. The summed E-state index contributed by atoms with van der Waals surface area (Å²) in [6.07, 6.45) is -0.666. The second kappa shape index (κ2) is 5.58. The summed E-state index contributed by atoms with van der Waals surface area (Å²) in [6.45, 7) is 0. The van der Waals surface area contributed by atoms with Crippen LogP contribution in [0.5, 0.6) is 0 Å². The maximum absolute atomic E-state index is 10.7. The second-order valence-corrected chi connectivity index (χ2v) is 4.52. The highest BCUT2D eigenvalue weighted by molar-refractivity contribution is 9.10. The molecule has 94 valence electrons. The first-order valence-corrected chi connectivity index (χ1v) is 5.91. The smallest absolute Gasteiger partial charge is 0.405 e. The zero-order valence-corrected chi connectivity index (χ0v) is 10.8. The normalized spacial score (nSPS) is 12.1. The van der Waals surface area contributed by atoms with E-state index in [1.54, 1.807) is 0 Å². The summed E-state index contributed by atoms with van der Waals surface area (Å²) in [5.74, 6) is 0.320. The van der Waals surface area contributed by atoms with E-state index in [1.807, 2.05) is 24.3 Å². The van der Waals surface area contributed by atoms with Crippen molar-refractivity contribution in [2.45, 2.75) is 12.5 Å². The maximum atomic E-state index is 10.7. The first-order valence-electron chi connectivity index (χ1n) is 5.12. The fraction of sp³-hybridized carbons (Fsp3) is 0.200. The molecule has 0 bridgehead atoms. The van der Waals surface area contributed by atoms with E-state index in [-0.39, 0.29) is 0 Å². The number of hydrogen-bond acceptors (Lipinski definition) is 4. The van der Waals surface area contributed by atoms with Crippen LogP contribution in [0.4, 0.5) is 4.79 Å². The van der Waals surface area contributed by atoms with Crippen LogP contribution in [-0.2, 0) is 6.42 Å². The fourth-order valence-corrected chi connectivity index (χ4v) is 1.79. The van der Waals surface area contributed by atoms with Crippen molar-refractivity contribution in [1.82, 2.24) is 25.9 Å². The Kier molecular flexibility index (Phi) is 3.88. The summed E-state index contributed by atoms with van der Waals surface area (Å²) in [6, 6.07) is 7.07. The van der Waals surface area contributed by atoms with Gasteiger partial charge in [0, 0.05) is 10.9 Å². The molecule has 0 saturated heterocycles. The predicted octanol–water partition coefficient (Wildman–Crippen LogP) is 1.51. The number of tetrazole rings is 1. The van der Waals surface area contributed by atoms with Crippen LogP contribution in [0.15, 0.2) is 28.7 Å². The number of rotatable bonds is 4. The van der Waals surface area contributed by atoms with Gasteiger partial charge < -0.3 is 10.4 Å². The summed E-state index contributed by atoms with van der Waals surface area (Å²) in [5, 5.41) is 24.5. The van der Waals surface area contributed by atoms with Crippen molar-refractivity contribution in [1.29, 1.82) is 0 Å². The third-order valence-corrected chi connectivity index (χ3v) is 2.85. The van der Waals surface area contributed by atoms with Crippen LogP contribution < -0.4 is 5.32 Å². The quantitative estimate of drug-likeness (QED) is 0.794. The Morgan fingerprint density at radius 3 is 2.72 bits per heavy atom. The van der Waals surface area contributed by atoms with Gasteiger partial charge in [-0.05, 0) is 17.7 Å². The molecule has 0 spiro atoms. The number of amides is 1. The van der Waals surface area contributed by atoms with Crippen LogP contribution in [0, 0.1) is 0 Å². The first kappa shape index (κ1) is 12.5. The average Bonchev–Trinajstić information content (AvgIpc) is 2.84. The van der Waals surface area contributed by atoms with E-state index in [0.29, 0.717) is 12.2 Å². The van der Waals surface area contributed by atoms with Gasteiger partial charge in [0.1, 0.15) is 6.04 Å². The average molecular weight is 312 g/mol. The molecule has 0 fully saturated rings. The number of benzene rings is 1. The fourth-order valence-electron chi connectivity index (χ4n) is 1.53. The highest BCUT2D eigenvalue weighted by Crippen LogP contribution is 2.17. The van der Waals surface area contributed by atoms with Crippen molar-refractivity contribution in [2.75, 3.05) is 0 Å². The number of carboxylic acid groups (broad SMARTS) is 1. The Morgan fingerprint density at radius 2 is 2.17 bits per heavy atom. The van der Waals surface area contributed by atoms with Crippen molar-refractivity contribution in [3.8, 4) is 0 Å². The molecule has 1 heterocycles. The van der Waals surface area contributed by atoms with Gasteiger partial charge in [-0.3, -0.25) is 0 Å². The molecule has 7 nitrogen and oxygen atoms in total. The molecule has 0 aliphatic rings. The van der Waals surface area contributed by atoms with Crippen LogP contribution in [0.2, 0.25) is 0 Å². The number of aromatic amines is 1. The molecule has 1 amide bonds. The van der Waals surface area contributed by atoms with Crippen molar-refractivity contribution >= 4 is 22.0 Å². The van der Waals surface area contributed by atoms with Crippen LogP contribution in [0.3, 0.4) is 0 Å². The summed E-state index contributed by atoms with van der Waals surface area (Å²) < 4.78 is 0.966. The zero-order chi connectivity index (χ0) is 13.0.